The van der Waals surface area contributed by atoms with E-state index in [0.717, 1.165) is 37.7 Å². The van der Waals surface area contributed by atoms with Gasteiger partial charge in [-0.05, 0) is 42.6 Å². The normalized spacial score (nSPS) is 32.1. The van der Waals surface area contributed by atoms with Crippen molar-refractivity contribution >= 4 is 24.0 Å². The van der Waals surface area contributed by atoms with Crippen LogP contribution in [0.15, 0.2) is 24.3 Å². The number of nitrogens with one attached hydrogen (secondary N) is 2. The first kappa shape index (κ1) is 18.0. The number of nitrogens with zero attached hydrogens (tertiary/aromatic N) is 1. The smallest absolute Gasteiger partial charge is 0.0515 e. The maximum absolute atomic E-state index is 6.12. The summed E-state index contributed by atoms with van der Waals surface area (Å²) in [5.41, 5.74) is 14.2. The minimum atomic E-state index is 0. The van der Waals surface area contributed by atoms with Crippen LogP contribution in [0.1, 0.15) is 24.9 Å². The maximum atomic E-state index is 6.12. The van der Waals surface area contributed by atoms with Gasteiger partial charge in [0.2, 0.25) is 0 Å². The van der Waals surface area contributed by atoms with Gasteiger partial charge in [-0.15, -0.1) is 12.4 Å². The SMILES string of the molecule is CC1(CN)CCN(CC2CNNC2c2cccc(Cl)c2)C1.Cl. The Kier molecular flexibility index (Phi) is 6.11. The van der Waals surface area contributed by atoms with Gasteiger partial charge in [0.15, 0.2) is 0 Å². The standard InChI is InChI=1S/C16H25ClN4.ClH/c1-16(10-18)5-6-21(11-16)9-13-8-19-20-15(13)12-3-2-4-14(17)7-12;/h2-4,7,13,15,19-20H,5-6,8-11,18H2,1H3;1H. The molecule has 0 saturated carbocycles. The van der Waals surface area contributed by atoms with Crippen LogP contribution in [0.3, 0.4) is 0 Å². The van der Waals surface area contributed by atoms with Gasteiger partial charge in [-0.2, -0.15) is 0 Å². The van der Waals surface area contributed by atoms with Crippen molar-refractivity contribution in [1.29, 1.82) is 0 Å². The molecule has 0 radical (unpaired) electrons. The molecule has 2 heterocycles. The second kappa shape index (κ2) is 7.47. The average molecular weight is 345 g/mol. The fourth-order valence-corrected chi connectivity index (χ4v) is 3.74. The molecule has 0 amide bonds. The monoisotopic (exact) mass is 344 g/mol. The topological polar surface area (TPSA) is 53.3 Å². The summed E-state index contributed by atoms with van der Waals surface area (Å²) in [5.74, 6) is 0.559. The molecule has 3 rings (SSSR count). The van der Waals surface area contributed by atoms with Crippen molar-refractivity contribution in [2.24, 2.45) is 17.1 Å². The molecule has 2 fully saturated rings. The van der Waals surface area contributed by atoms with E-state index >= 15 is 0 Å². The third kappa shape index (κ3) is 3.94. The van der Waals surface area contributed by atoms with Gasteiger partial charge in [-0.25, -0.2) is 5.43 Å². The van der Waals surface area contributed by atoms with Gasteiger partial charge in [0.25, 0.3) is 0 Å². The van der Waals surface area contributed by atoms with E-state index in [2.05, 4.69) is 34.8 Å². The summed E-state index contributed by atoms with van der Waals surface area (Å²) < 4.78 is 0. The fraction of sp³-hybridized carbons (Fsp3) is 0.625. The van der Waals surface area contributed by atoms with Gasteiger partial charge in [0, 0.05) is 30.6 Å². The molecule has 2 aliphatic heterocycles. The lowest BCUT2D eigenvalue weighted by atomic mass is 9.90. The third-order valence-electron chi connectivity index (χ3n) is 4.92. The number of hydrogen-bond donors (Lipinski definition) is 3. The number of nitrogens with two attached hydrogens (primary N) is 1. The molecule has 22 heavy (non-hydrogen) atoms. The highest BCUT2D eigenvalue weighted by molar-refractivity contribution is 6.30. The number of rotatable bonds is 4. The van der Waals surface area contributed by atoms with Crippen LogP contribution in [-0.4, -0.2) is 37.6 Å². The van der Waals surface area contributed by atoms with E-state index in [0.29, 0.717) is 17.4 Å². The predicted molar refractivity (Wildman–Crippen MR) is 94.3 cm³/mol. The summed E-state index contributed by atoms with van der Waals surface area (Å²) >= 11 is 6.12. The van der Waals surface area contributed by atoms with Crippen LogP contribution in [0.4, 0.5) is 0 Å². The summed E-state index contributed by atoms with van der Waals surface area (Å²) in [6, 6.07) is 8.49. The van der Waals surface area contributed by atoms with E-state index in [-0.39, 0.29) is 12.4 Å². The van der Waals surface area contributed by atoms with E-state index < -0.39 is 0 Å². The van der Waals surface area contributed by atoms with Crippen LogP contribution < -0.4 is 16.6 Å². The molecular formula is C16H26Cl2N4. The summed E-state index contributed by atoms with van der Waals surface area (Å²) in [5, 5.41) is 0.803. The van der Waals surface area contributed by atoms with Gasteiger partial charge in [0.05, 0.1) is 6.04 Å². The van der Waals surface area contributed by atoms with Crippen LogP contribution in [0.5, 0.6) is 0 Å². The Morgan fingerprint density at radius 2 is 2.27 bits per heavy atom. The van der Waals surface area contributed by atoms with Gasteiger partial charge in [0.1, 0.15) is 0 Å². The molecule has 0 bridgehead atoms. The Bertz CT molecular complexity index is 499. The van der Waals surface area contributed by atoms with Crippen molar-refractivity contribution in [1.82, 2.24) is 15.8 Å². The van der Waals surface area contributed by atoms with E-state index in [1.165, 1.54) is 12.0 Å². The first-order chi connectivity index (χ1) is 10.1. The Labute approximate surface area is 144 Å². The van der Waals surface area contributed by atoms with Crippen molar-refractivity contribution in [2.45, 2.75) is 19.4 Å². The first-order valence-corrected chi connectivity index (χ1v) is 8.14. The molecule has 124 valence electrons. The van der Waals surface area contributed by atoms with E-state index in [4.69, 9.17) is 17.3 Å². The van der Waals surface area contributed by atoms with Crippen LogP contribution in [0.25, 0.3) is 0 Å². The lowest BCUT2D eigenvalue weighted by molar-refractivity contribution is 0.239. The van der Waals surface area contributed by atoms with Crippen molar-refractivity contribution in [3.63, 3.8) is 0 Å². The lowest BCUT2D eigenvalue weighted by Gasteiger charge is -2.26. The third-order valence-corrected chi connectivity index (χ3v) is 5.16. The minimum Gasteiger partial charge on any atom is -0.330 e. The molecule has 0 aliphatic carbocycles. The molecule has 2 aliphatic rings. The zero-order valence-corrected chi connectivity index (χ0v) is 14.6. The van der Waals surface area contributed by atoms with Crippen LogP contribution in [0, 0.1) is 11.3 Å². The van der Waals surface area contributed by atoms with Crippen LogP contribution in [-0.2, 0) is 0 Å². The largest absolute Gasteiger partial charge is 0.330 e. The zero-order chi connectivity index (χ0) is 14.9. The highest BCUT2D eigenvalue weighted by Gasteiger charge is 2.36. The number of hydrogen-bond acceptors (Lipinski definition) is 4. The fourth-order valence-electron chi connectivity index (χ4n) is 3.54. The number of hydrazine groups is 1. The highest BCUT2D eigenvalue weighted by atomic mass is 35.5. The molecule has 4 nitrogen and oxygen atoms in total. The van der Waals surface area contributed by atoms with Gasteiger partial charge in [-0.1, -0.05) is 30.7 Å². The summed E-state index contributed by atoms with van der Waals surface area (Å²) in [4.78, 5) is 2.56. The van der Waals surface area contributed by atoms with Gasteiger partial charge >= 0.3 is 0 Å². The molecule has 1 aromatic rings. The summed E-state index contributed by atoms with van der Waals surface area (Å²) in [6.07, 6.45) is 1.21. The number of halogens is 2. The van der Waals surface area contributed by atoms with Crippen molar-refractivity contribution in [2.75, 3.05) is 32.7 Å². The predicted octanol–water partition coefficient (Wildman–Crippen LogP) is 2.20. The molecule has 3 atom stereocenters. The van der Waals surface area contributed by atoms with Gasteiger partial charge < -0.3 is 10.6 Å². The Hall–Kier alpha value is -0.360. The number of likely N-dealkylation sites (tertiary alicyclic amines) is 1. The average Bonchev–Trinajstić information content (AvgIpc) is 3.07. The molecule has 4 N–H and O–H groups in total. The van der Waals surface area contributed by atoms with E-state index in [1.54, 1.807) is 0 Å². The van der Waals surface area contributed by atoms with Crippen molar-refractivity contribution in [3.05, 3.63) is 34.9 Å². The molecule has 6 heteroatoms. The molecule has 0 aromatic heterocycles. The Morgan fingerprint density at radius 1 is 1.45 bits per heavy atom. The molecule has 2 saturated heterocycles. The van der Waals surface area contributed by atoms with E-state index in [1.807, 2.05) is 12.1 Å². The minimum absolute atomic E-state index is 0. The Morgan fingerprint density at radius 3 is 2.95 bits per heavy atom. The van der Waals surface area contributed by atoms with E-state index in [9.17, 15) is 0 Å². The molecular weight excluding hydrogens is 319 g/mol. The highest BCUT2D eigenvalue weighted by Crippen LogP contribution is 2.32. The Balaban J connectivity index is 0.00000176. The first-order valence-electron chi connectivity index (χ1n) is 7.76. The molecule has 3 unspecified atom stereocenters. The van der Waals surface area contributed by atoms with Crippen molar-refractivity contribution < 1.29 is 0 Å². The summed E-state index contributed by atoms with van der Waals surface area (Å²) in [6.45, 7) is 7.45. The van der Waals surface area contributed by atoms with Crippen LogP contribution >= 0.6 is 24.0 Å². The van der Waals surface area contributed by atoms with Crippen molar-refractivity contribution in [3.8, 4) is 0 Å². The maximum Gasteiger partial charge on any atom is 0.0515 e. The summed E-state index contributed by atoms with van der Waals surface area (Å²) in [7, 11) is 0. The lowest BCUT2D eigenvalue weighted by Crippen LogP contribution is -2.35. The quantitative estimate of drug-likeness (QED) is 0.783. The molecule has 1 aromatic carbocycles. The van der Waals surface area contributed by atoms with Gasteiger partial charge in [-0.3, -0.25) is 5.43 Å². The molecule has 0 spiro atoms. The number of benzene rings is 1. The second-order valence-electron chi connectivity index (χ2n) is 6.82. The van der Waals surface area contributed by atoms with Crippen LogP contribution in [0.2, 0.25) is 5.02 Å². The second-order valence-corrected chi connectivity index (χ2v) is 7.25. The zero-order valence-electron chi connectivity index (χ0n) is 13.0.